The molecule has 1 heterocycles. The van der Waals surface area contributed by atoms with E-state index >= 15 is 0 Å². The number of rotatable bonds is 3. The first-order valence-corrected chi connectivity index (χ1v) is 7.65. The number of hydrogen-bond donors (Lipinski definition) is 0. The molecule has 0 radical (unpaired) electrons. The molecule has 0 amide bonds. The Morgan fingerprint density at radius 3 is 2.62 bits per heavy atom. The fourth-order valence-corrected chi connectivity index (χ4v) is 2.85. The van der Waals surface area contributed by atoms with Gasteiger partial charge in [0.25, 0.3) is 0 Å². The lowest BCUT2D eigenvalue weighted by Gasteiger charge is -2.16. The van der Waals surface area contributed by atoms with Crippen LogP contribution in [0.5, 0.6) is 0 Å². The second-order valence-corrected chi connectivity index (χ2v) is 5.79. The van der Waals surface area contributed by atoms with Crippen LogP contribution in [0, 0.1) is 5.82 Å². The third kappa shape index (κ3) is 3.42. The summed E-state index contributed by atoms with van der Waals surface area (Å²) in [5.41, 5.74) is 7.43. The van der Waals surface area contributed by atoms with Crippen LogP contribution in [0.25, 0.3) is 32.6 Å². The van der Waals surface area contributed by atoms with Crippen molar-refractivity contribution in [3.63, 3.8) is 0 Å². The first-order valence-electron chi connectivity index (χ1n) is 7.27. The molecule has 0 unspecified atom stereocenters. The van der Waals surface area contributed by atoms with Crippen molar-refractivity contribution in [3.05, 3.63) is 74.9 Å². The molecule has 0 aliphatic rings. The van der Waals surface area contributed by atoms with Gasteiger partial charge in [0.15, 0.2) is 0 Å². The quantitative estimate of drug-likeness (QED) is 0.221. The summed E-state index contributed by atoms with van der Waals surface area (Å²) < 4.78 is 53.8. The van der Waals surface area contributed by atoms with Gasteiger partial charge in [0.2, 0.25) is 0 Å². The van der Waals surface area contributed by atoms with Crippen molar-refractivity contribution in [2.45, 2.75) is 12.7 Å². The molecule has 0 N–H and O–H groups in total. The van der Waals surface area contributed by atoms with Crippen molar-refractivity contribution < 1.29 is 17.6 Å². The molecule has 132 valence electrons. The van der Waals surface area contributed by atoms with Gasteiger partial charge in [-0.3, -0.25) is 0 Å². The van der Waals surface area contributed by atoms with Crippen molar-refractivity contribution in [2.24, 2.45) is 5.11 Å². The topological polar surface area (TPSA) is 61.7 Å². The molecule has 2 aromatic carbocycles. The Hall–Kier alpha value is -2.83. The second kappa shape index (κ2) is 6.82. The molecule has 0 atom stereocenters. The lowest BCUT2D eigenvalue weighted by atomic mass is 9.98. The zero-order chi connectivity index (χ0) is 18.9. The Balaban J connectivity index is 2.38. The van der Waals surface area contributed by atoms with E-state index in [1.165, 1.54) is 6.07 Å². The highest BCUT2D eigenvalue weighted by Gasteiger charge is 2.34. The number of aromatic nitrogens is 1. The van der Waals surface area contributed by atoms with Gasteiger partial charge in [0.05, 0.1) is 28.3 Å². The molecule has 0 aliphatic heterocycles. The van der Waals surface area contributed by atoms with E-state index in [4.69, 9.17) is 17.1 Å². The van der Waals surface area contributed by atoms with E-state index in [1.54, 1.807) is 18.2 Å². The van der Waals surface area contributed by atoms with Gasteiger partial charge >= 0.3 is 6.18 Å². The van der Waals surface area contributed by atoms with E-state index in [0.29, 0.717) is 11.5 Å². The molecule has 0 saturated carbocycles. The summed E-state index contributed by atoms with van der Waals surface area (Å²) in [5.74, 6) is -0.844. The first-order chi connectivity index (χ1) is 12.3. The molecule has 0 aliphatic carbocycles. The van der Waals surface area contributed by atoms with Gasteiger partial charge in [-0.05, 0) is 41.4 Å². The fourth-order valence-electron chi connectivity index (χ4n) is 2.63. The number of fused-ring (bicyclic) bond motifs is 1. The molecule has 3 rings (SSSR count). The zero-order valence-corrected chi connectivity index (χ0v) is 13.7. The van der Waals surface area contributed by atoms with Crippen LogP contribution < -0.4 is 0 Å². The van der Waals surface area contributed by atoms with Gasteiger partial charge in [-0.1, -0.05) is 28.8 Å². The van der Waals surface area contributed by atoms with Gasteiger partial charge in [0, 0.05) is 15.9 Å². The average molecular weight is 381 g/mol. The smallest absolute Gasteiger partial charge is 0.246 e. The Labute approximate surface area is 149 Å². The monoisotopic (exact) mass is 380 g/mol. The maximum Gasteiger partial charge on any atom is 0.417 e. The number of hydrogen-bond acceptors (Lipinski definition) is 2. The Morgan fingerprint density at radius 2 is 1.92 bits per heavy atom. The molecule has 0 bridgehead atoms. The number of benzene rings is 2. The van der Waals surface area contributed by atoms with E-state index in [2.05, 4.69) is 15.0 Å². The van der Waals surface area contributed by atoms with Gasteiger partial charge in [-0.15, -0.1) is 0 Å². The standard InChI is InChI=1S/C17H9ClF4N4/c18-14-3-1-2-9-6-10(8-24-26-23)15(25-16(9)14)12-7-11(19)4-5-13(12)17(20,21)22/h1-7H,8H2. The Bertz CT molecular complexity index is 1040. The minimum Gasteiger partial charge on any atom is -0.246 e. The second-order valence-electron chi connectivity index (χ2n) is 5.38. The first kappa shape index (κ1) is 18.0. The van der Waals surface area contributed by atoms with Crippen LogP contribution in [0.15, 0.2) is 47.6 Å². The number of para-hydroxylation sites is 1. The Kier molecular flexibility index (Phi) is 4.71. The minimum atomic E-state index is -4.71. The van der Waals surface area contributed by atoms with Crippen molar-refractivity contribution in [1.29, 1.82) is 0 Å². The highest BCUT2D eigenvalue weighted by atomic mass is 35.5. The molecular weight excluding hydrogens is 372 g/mol. The number of azide groups is 1. The maximum atomic E-state index is 13.7. The summed E-state index contributed by atoms with van der Waals surface area (Å²) in [6.07, 6.45) is -4.71. The predicted octanol–water partition coefficient (Wildman–Crippen LogP) is 6.52. The molecule has 3 aromatic rings. The van der Waals surface area contributed by atoms with Crippen LogP contribution in [0.1, 0.15) is 11.1 Å². The minimum absolute atomic E-state index is 0.134. The summed E-state index contributed by atoms with van der Waals surface area (Å²) in [5, 5.41) is 4.21. The van der Waals surface area contributed by atoms with Crippen LogP contribution in [0.2, 0.25) is 5.02 Å². The molecular formula is C17H9ClF4N4. The fraction of sp³-hybridized carbons (Fsp3) is 0.118. The van der Waals surface area contributed by atoms with Crippen molar-refractivity contribution in [2.75, 3.05) is 0 Å². The van der Waals surface area contributed by atoms with Crippen LogP contribution in [0.3, 0.4) is 0 Å². The van der Waals surface area contributed by atoms with Crippen molar-refractivity contribution in [3.8, 4) is 11.3 Å². The molecule has 4 nitrogen and oxygen atoms in total. The summed E-state index contributed by atoms with van der Waals surface area (Å²) >= 11 is 6.09. The molecule has 9 heteroatoms. The lowest BCUT2D eigenvalue weighted by Crippen LogP contribution is -2.09. The number of nitrogens with zero attached hydrogens (tertiary/aromatic N) is 4. The van der Waals surface area contributed by atoms with Gasteiger partial charge in [-0.2, -0.15) is 13.2 Å². The predicted molar refractivity (Wildman–Crippen MR) is 90.0 cm³/mol. The molecule has 0 saturated heterocycles. The van der Waals surface area contributed by atoms with E-state index in [9.17, 15) is 17.6 Å². The normalized spacial score (nSPS) is 11.4. The summed E-state index contributed by atoms with van der Waals surface area (Å²) in [6, 6.07) is 8.55. The molecule has 0 fully saturated rings. The average Bonchev–Trinajstić information content (AvgIpc) is 2.58. The zero-order valence-electron chi connectivity index (χ0n) is 12.9. The number of alkyl halides is 3. The van der Waals surface area contributed by atoms with E-state index in [0.717, 1.165) is 12.1 Å². The van der Waals surface area contributed by atoms with Gasteiger partial charge in [-0.25, -0.2) is 9.37 Å². The van der Waals surface area contributed by atoms with Crippen molar-refractivity contribution >= 4 is 22.5 Å². The molecule has 1 aromatic heterocycles. The van der Waals surface area contributed by atoms with Crippen LogP contribution in [0.4, 0.5) is 17.6 Å². The SMILES string of the molecule is [N-]=[N+]=NCc1cc2cccc(Cl)c2nc1-c1cc(F)ccc1C(F)(F)F. The highest BCUT2D eigenvalue weighted by Crippen LogP contribution is 2.39. The Morgan fingerprint density at radius 1 is 1.15 bits per heavy atom. The summed E-state index contributed by atoms with van der Waals surface area (Å²) in [6.45, 7) is -0.241. The van der Waals surface area contributed by atoms with E-state index < -0.39 is 23.1 Å². The van der Waals surface area contributed by atoms with Gasteiger partial charge < -0.3 is 0 Å². The van der Waals surface area contributed by atoms with Crippen LogP contribution >= 0.6 is 11.6 Å². The summed E-state index contributed by atoms with van der Waals surface area (Å²) in [7, 11) is 0. The summed E-state index contributed by atoms with van der Waals surface area (Å²) in [4.78, 5) is 6.86. The third-order valence-electron chi connectivity index (χ3n) is 3.72. The lowest BCUT2D eigenvalue weighted by molar-refractivity contribution is -0.137. The van der Waals surface area contributed by atoms with E-state index in [-0.39, 0.29) is 28.3 Å². The molecule has 26 heavy (non-hydrogen) atoms. The number of halogens is 5. The van der Waals surface area contributed by atoms with Crippen molar-refractivity contribution in [1.82, 2.24) is 4.98 Å². The maximum absolute atomic E-state index is 13.7. The number of pyridine rings is 1. The molecule has 0 spiro atoms. The van der Waals surface area contributed by atoms with E-state index in [1.807, 2.05) is 0 Å². The highest BCUT2D eigenvalue weighted by molar-refractivity contribution is 6.35. The largest absolute Gasteiger partial charge is 0.417 e. The van der Waals surface area contributed by atoms with Gasteiger partial charge in [0.1, 0.15) is 5.82 Å². The third-order valence-corrected chi connectivity index (χ3v) is 4.03. The van der Waals surface area contributed by atoms with Crippen LogP contribution in [-0.2, 0) is 12.7 Å². The van der Waals surface area contributed by atoms with Crippen LogP contribution in [-0.4, -0.2) is 4.98 Å².